The van der Waals surface area contributed by atoms with Gasteiger partial charge in [0.15, 0.2) is 0 Å². The number of carbonyl (C=O) groups is 1. The van der Waals surface area contributed by atoms with Crippen molar-refractivity contribution in [1.29, 1.82) is 0 Å². The van der Waals surface area contributed by atoms with E-state index in [0.29, 0.717) is 6.54 Å². The van der Waals surface area contributed by atoms with Gasteiger partial charge in [-0.2, -0.15) is 5.10 Å². The Morgan fingerprint density at radius 3 is 3.31 bits per heavy atom. The largest absolute Gasteiger partial charge is 0.355 e. The van der Waals surface area contributed by atoms with E-state index in [1.165, 1.54) is 0 Å². The number of rotatable bonds is 4. The first kappa shape index (κ1) is 11.1. The zero-order valence-electron chi connectivity index (χ0n) is 9.44. The van der Waals surface area contributed by atoms with Gasteiger partial charge < -0.3 is 5.32 Å². The maximum Gasteiger partial charge on any atom is 0.237 e. The molecule has 0 saturated carbocycles. The van der Waals surface area contributed by atoms with E-state index in [9.17, 15) is 4.79 Å². The molecule has 88 valence electrons. The third kappa shape index (κ3) is 2.38. The number of piperidine rings is 1. The highest BCUT2D eigenvalue weighted by Gasteiger charge is 2.21. The van der Waals surface area contributed by atoms with Crippen molar-refractivity contribution in [2.75, 3.05) is 6.54 Å². The summed E-state index contributed by atoms with van der Waals surface area (Å²) in [6, 6.07) is -0.0873. The lowest BCUT2D eigenvalue weighted by molar-refractivity contribution is -0.124. The molecule has 6 nitrogen and oxygen atoms in total. The highest BCUT2D eigenvalue weighted by atomic mass is 16.2. The second kappa shape index (κ2) is 5.07. The lowest BCUT2D eigenvalue weighted by Gasteiger charge is -2.22. The van der Waals surface area contributed by atoms with Gasteiger partial charge in [-0.3, -0.25) is 10.1 Å². The van der Waals surface area contributed by atoms with E-state index in [1.54, 1.807) is 6.33 Å². The molecule has 1 aromatic heterocycles. The summed E-state index contributed by atoms with van der Waals surface area (Å²) in [5.74, 6) is 0.967. The molecule has 6 heteroatoms. The summed E-state index contributed by atoms with van der Waals surface area (Å²) >= 11 is 0. The summed E-state index contributed by atoms with van der Waals surface area (Å²) in [4.78, 5) is 15.6. The molecule has 1 fully saturated rings. The number of nitrogens with zero attached hydrogens (tertiary/aromatic N) is 3. The van der Waals surface area contributed by atoms with E-state index in [4.69, 9.17) is 0 Å². The van der Waals surface area contributed by atoms with E-state index in [-0.39, 0.29) is 11.9 Å². The van der Waals surface area contributed by atoms with E-state index in [1.807, 2.05) is 11.6 Å². The molecular formula is C10H17N5O. The van der Waals surface area contributed by atoms with Gasteiger partial charge >= 0.3 is 0 Å². The monoisotopic (exact) mass is 223 g/mol. The van der Waals surface area contributed by atoms with Crippen LogP contribution in [0.5, 0.6) is 0 Å². The first-order valence-electron chi connectivity index (χ1n) is 5.69. The molecule has 16 heavy (non-hydrogen) atoms. The van der Waals surface area contributed by atoms with Crippen LogP contribution in [0.4, 0.5) is 0 Å². The van der Waals surface area contributed by atoms with Gasteiger partial charge in [-0.05, 0) is 19.8 Å². The van der Waals surface area contributed by atoms with Gasteiger partial charge in [-0.1, -0.05) is 0 Å². The molecule has 0 spiro atoms. The third-order valence-corrected chi connectivity index (χ3v) is 2.79. The average Bonchev–Trinajstić information content (AvgIpc) is 2.75. The second-order valence-corrected chi connectivity index (χ2v) is 3.86. The molecule has 1 atom stereocenters. The molecule has 0 bridgehead atoms. The number of nitrogens with one attached hydrogen (secondary N) is 2. The fourth-order valence-corrected chi connectivity index (χ4v) is 1.87. The van der Waals surface area contributed by atoms with Gasteiger partial charge in [-0.25, -0.2) is 9.67 Å². The first-order chi connectivity index (χ1) is 7.81. The number of amides is 1. The molecule has 0 aliphatic carbocycles. The Bertz CT molecular complexity index is 362. The Balaban J connectivity index is 1.89. The van der Waals surface area contributed by atoms with Crippen molar-refractivity contribution < 1.29 is 4.79 Å². The molecule has 1 amide bonds. The molecule has 0 aromatic carbocycles. The third-order valence-electron chi connectivity index (χ3n) is 2.79. The molecule has 2 rings (SSSR count). The van der Waals surface area contributed by atoms with Crippen LogP contribution in [0.15, 0.2) is 6.33 Å². The van der Waals surface area contributed by atoms with Crippen LogP contribution in [0.25, 0.3) is 0 Å². The summed E-state index contributed by atoms with van der Waals surface area (Å²) in [7, 11) is 0. The lowest BCUT2D eigenvalue weighted by Crippen LogP contribution is -2.48. The van der Waals surface area contributed by atoms with Crippen molar-refractivity contribution in [2.45, 2.75) is 38.9 Å². The number of hydrogen-bond donors (Lipinski definition) is 2. The van der Waals surface area contributed by atoms with Crippen molar-refractivity contribution in [3.05, 3.63) is 12.2 Å². The van der Waals surface area contributed by atoms with Crippen molar-refractivity contribution in [3.63, 3.8) is 0 Å². The van der Waals surface area contributed by atoms with Crippen LogP contribution < -0.4 is 10.6 Å². The quantitative estimate of drug-likeness (QED) is 0.733. The molecule has 1 saturated heterocycles. The fraction of sp³-hybridized carbons (Fsp3) is 0.700. The molecule has 1 aliphatic heterocycles. The van der Waals surface area contributed by atoms with Crippen molar-refractivity contribution in [3.8, 4) is 0 Å². The number of carbonyl (C=O) groups excluding carboxylic acids is 1. The minimum Gasteiger partial charge on any atom is -0.355 e. The minimum atomic E-state index is -0.0873. The Labute approximate surface area is 94.4 Å². The summed E-state index contributed by atoms with van der Waals surface area (Å²) in [5.41, 5.74) is 0. The van der Waals surface area contributed by atoms with Crippen LogP contribution in [-0.2, 0) is 17.9 Å². The zero-order valence-corrected chi connectivity index (χ0v) is 9.44. The smallest absolute Gasteiger partial charge is 0.237 e. The predicted octanol–water partition coefficient (Wildman–Crippen LogP) is -0.334. The Hall–Kier alpha value is -1.43. The molecule has 1 unspecified atom stereocenters. The fourth-order valence-electron chi connectivity index (χ4n) is 1.87. The summed E-state index contributed by atoms with van der Waals surface area (Å²) in [6.07, 6.45) is 3.47. The Morgan fingerprint density at radius 2 is 2.56 bits per heavy atom. The van der Waals surface area contributed by atoms with Gasteiger partial charge in [0.25, 0.3) is 0 Å². The average molecular weight is 223 g/mol. The van der Waals surface area contributed by atoms with Gasteiger partial charge in [0, 0.05) is 13.1 Å². The van der Waals surface area contributed by atoms with Gasteiger partial charge in [0.2, 0.25) is 5.91 Å². The normalized spacial score (nSPS) is 20.8. The Kier molecular flexibility index (Phi) is 3.51. The standard InChI is InChI=1S/C10H17N5O/c1-2-15-9(13-7-14-15)6-12-8-4-3-5-11-10(8)16/h7-8,12H,2-6H2,1H3,(H,11,16). The Morgan fingerprint density at radius 1 is 1.69 bits per heavy atom. The summed E-state index contributed by atoms with van der Waals surface area (Å²) in [5, 5.41) is 10.1. The van der Waals surface area contributed by atoms with Gasteiger partial charge in [0.05, 0.1) is 12.6 Å². The highest BCUT2D eigenvalue weighted by Crippen LogP contribution is 2.04. The van der Waals surface area contributed by atoms with Crippen molar-refractivity contribution >= 4 is 5.91 Å². The van der Waals surface area contributed by atoms with Gasteiger partial charge in [-0.15, -0.1) is 0 Å². The summed E-state index contributed by atoms with van der Waals surface area (Å²) in [6.45, 7) is 4.20. The maximum absolute atomic E-state index is 11.5. The zero-order chi connectivity index (χ0) is 11.4. The molecule has 1 aliphatic rings. The molecule has 2 N–H and O–H groups in total. The highest BCUT2D eigenvalue weighted by molar-refractivity contribution is 5.82. The SMILES string of the molecule is CCn1ncnc1CNC1CCCNC1=O. The van der Waals surface area contributed by atoms with Crippen LogP contribution in [0, 0.1) is 0 Å². The predicted molar refractivity (Wildman–Crippen MR) is 58.6 cm³/mol. The van der Waals surface area contributed by atoms with E-state index < -0.39 is 0 Å². The van der Waals surface area contributed by atoms with Crippen LogP contribution in [-0.4, -0.2) is 33.3 Å². The van der Waals surface area contributed by atoms with E-state index >= 15 is 0 Å². The summed E-state index contributed by atoms with van der Waals surface area (Å²) < 4.78 is 1.83. The van der Waals surface area contributed by atoms with Crippen LogP contribution in [0.3, 0.4) is 0 Å². The van der Waals surface area contributed by atoms with Crippen LogP contribution in [0.1, 0.15) is 25.6 Å². The maximum atomic E-state index is 11.5. The van der Waals surface area contributed by atoms with Crippen molar-refractivity contribution in [2.24, 2.45) is 0 Å². The number of hydrogen-bond acceptors (Lipinski definition) is 4. The molecule has 2 heterocycles. The molecular weight excluding hydrogens is 206 g/mol. The van der Waals surface area contributed by atoms with E-state index in [0.717, 1.165) is 31.8 Å². The van der Waals surface area contributed by atoms with Crippen LogP contribution >= 0.6 is 0 Å². The van der Waals surface area contributed by atoms with E-state index in [2.05, 4.69) is 20.7 Å². The minimum absolute atomic E-state index is 0.0873. The second-order valence-electron chi connectivity index (χ2n) is 3.86. The lowest BCUT2D eigenvalue weighted by atomic mass is 10.1. The molecule has 0 radical (unpaired) electrons. The topological polar surface area (TPSA) is 71.8 Å². The van der Waals surface area contributed by atoms with Gasteiger partial charge in [0.1, 0.15) is 12.2 Å². The van der Waals surface area contributed by atoms with Crippen LogP contribution in [0.2, 0.25) is 0 Å². The van der Waals surface area contributed by atoms with Crippen molar-refractivity contribution in [1.82, 2.24) is 25.4 Å². The number of aryl methyl sites for hydroxylation is 1. The first-order valence-corrected chi connectivity index (χ1v) is 5.69. The number of aromatic nitrogens is 3. The molecule has 1 aromatic rings.